The van der Waals surface area contributed by atoms with Gasteiger partial charge in [-0.25, -0.2) is 9.97 Å². The minimum atomic E-state index is -4.42. The normalized spacial score (nSPS) is 16.0. The van der Waals surface area contributed by atoms with Crippen LogP contribution in [-0.2, 0) is 16.1 Å². The Hall–Kier alpha value is -3.15. The van der Waals surface area contributed by atoms with Crippen LogP contribution in [-0.4, -0.2) is 59.9 Å². The minimum Gasteiger partial charge on any atom is -0.468 e. The Labute approximate surface area is 191 Å². The number of fused-ring (bicyclic) bond motifs is 1. The fourth-order valence-electron chi connectivity index (χ4n) is 3.14. The van der Waals surface area contributed by atoms with Gasteiger partial charge < -0.3 is 25.0 Å². The predicted molar refractivity (Wildman–Crippen MR) is 121 cm³/mol. The van der Waals surface area contributed by atoms with Crippen molar-refractivity contribution in [1.82, 2.24) is 15.0 Å². The maximum Gasteiger partial charge on any atom is 0.422 e. The summed E-state index contributed by atoms with van der Waals surface area (Å²) in [4.78, 5) is 27.0. The van der Waals surface area contributed by atoms with E-state index in [2.05, 4.69) is 30.3 Å². The molecule has 0 saturated carbocycles. The number of likely N-dealkylation sites (N-methyl/N-ethyl adjacent to an activating group) is 1. The zero-order valence-corrected chi connectivity index (χ0v) is 17.4. The van der Waals surface area contributed by atoms with E-state index >= 15 is 0 Å². The molecule has 9 nitrogen and oxygen atoms in total. The van der Waals surface area contributed by atoms with Crippen molar-refractivity contribution in [3.63, 3.8) is 0 Å². The molecule has 1 amide bonds. The number of alkyl halides is 3. The van der Waals surface area contributed by atoms with Crippen molar-refractivity contribution in [2.45, 2.75) is 53.6 Å². The number of aryl methyl sites for hydroxylation is 1. The number of carbonyl (C=O) groups excluding carboxylic acids is 1. The number of carbonyl (C=O) groups is 1. The van der Waals surface area contributed by atoms with Crippen LogP contribution in [0.5, 0.6) is 5.88 Å². The molecule has 1 aliphatic rings. The van der Waals surface area contributed by atoms with Crippen LogP contribution in [0.4, 0.5) is 30.6 Å². The zero-order valence-electron chi connectivity index (χ0n) is 17.4. The molecule has 0 spiro atoms. The number of aromatic nitrogens is 3. The molecule has 0 aliphatic carbocycles. The highest BCUT2D eigenvalue weighted by molar-refractivity contribution is 6.03. The second-order valence-corrected chi connectivity index (χ2v) is 7.08. The van der Waals surface area contributed by atoms with Crippen LogP contribution in [0, 0.1) is 6.92 Å². The number of halogens is 3. The number of anilines is 3. The van der Waals surface area contributed by atoms with Gasteiger partial charge in [-0.2, -0.15) is 18.2 Å². The van der Waals surface area contributed by atoms with E-state index in [1.165, 1.54) is 19.4 Å². The summed E-state index contributed by atoms with van der Waals surface area (Å²) in [6, 6.07) is 2.41. The number of amides is 1. The van der Waals surface area contributed by atoms with Gasteiger partial charge in [0.05, 0.1) is 11.8 Å². The van der Waals surface area contributed by atoms with Crippen molar-refractivity contribution < 1.29 is 27.4 Å². The Morgan fingerprint density at radius 1 is 1.27 bits per heavy atom. The van der Waals surface area contributed by atoms with Gasteiger partial charge in [-0.15, -0.1) is 0 Å². The summed E-state index contributed by atoms with van der Waals surface area (Å²) in [6.45, 7) is 2.45. The molecule has 2 N–H and O–H groups in total. The Bertz CT molecular complexity index is 940. The van der Waals surface area contributed by atoms with E-state index in [0.717, 1.165) is 0 Å². The third-order valence-corrected chi connectivity index (χ3v) is 4.79. The summed E-state index contributed by atoms with van der Waals surface area (Å²) in [5.41, 5.74) is 1.82. The highest BCUT2D eigenvalue weighted by Gasteiger charge is 2.37. The van der Waals surface area contributed by atoms with E-state index < -0.39 is 18.8 Å². The maximum atomic E-state index is 12.5. The molecule has 0 aromatic carbocycles. The van der Waals surface area contributed by atoms with Gasteiger partial charge in [0.2, 0.25) is 17.7 Å². The number of hydrogen-bond donors (Lipinski definition) is 2. The molecule has 0 fully saturated rings. The van der Waals surface area contributed by atoms with Gasteiger partial charge in [0, 0.05) is 33.0 Å². The van der Waals surface area contributed by atoms with E-state index in [1.807, 2.05) is 0 Å². The van der Waals surface area contributed by atoms with Crippen LogP contribution in [0.2, 0.25) is 0 Å². The highest BCUT2D eigenvalue weighted by Crippen LogP contribution is 2.33. The number of ether oxygens (including phenoxy) is 2. The summed E-state index contributed by atoms with van der Waals surface area (Å²) < 4.78 is 46.5. The Morgan fingerprint density at radius 3 is 2.55 bits per heavy atom. The van der Waals surface area contributed by atoms with Crippen LogP contribution in [0.25, 0.3) is 0 Å². The average Bonchev–Trinajstić information content (AvgIpc) is 2.71. The fraction of sp³-hybridized carbons (Fsp3) is 0.524. The molecular formula is C21H31F3N6O3. The monoisotopic (exact) mass is 472 g/mol. The first-order valence-electron chi connectivity index (χ1n) is 9.42. The lowest BCUT2D eigenvalue weighted by molar-refractivity contribution is -0.154. The molecule has 1 aliphatic heterocycles. The summed E-state index contributed by atoms with van der Waals surface area (Å²) >= 11 is 0. The molecule has 3 heterocycles. The molecule has 0 saturated heterocycles. The third kappa shape index (κ3) is 6.67. The number of hydrogen-bond acceptors (Lipinski definition) is 8. The molecule has 2 atom stereocenters. The molecule has 33 heavy (non-hydrogen) atoms. The van der Waals surface area contributed by atoms with E-state index in [9.17, 15) is 18.0 Å². The van der Waals surface area contributed by atoms with Gasteiger partial charge in [0.15, 0.2) is 12.4 Å². The predicted octanol–water partition coefficient (Wildman–Crippen LogP) is 3.80. The number of nitrogens with zero attached hydrogens (tertiary/aromatic N) is 4. The van der Waals surface area contributed by atoms with Crippen LogP contribution < -0.4 is 20.3 Å². The van der Waals surface area contributed by atoms with Gasteiger partial charge in [-0.3, -0.25) is 4.79 Å². The first-order valence-corrected chi connectivity index (χ1v) is 9.42. The van der Waals surface area contributed by atoms with Crippen LogP contribution in [0.1, 0.15) is 33.0 Å². The van der Waals surface area contributed by atoms with Gasteiger partial charge >= 0.3 is 6.18 Å². The summed E-state index contributed by atoms with van der Waals surface area (Å²) in [7, 11) is 3.30. The van der Waals surface area contributed by atoms with Gasteiger partial charge in [0.1, 0.15) is 11.7 Å². The summed E-state index contributed by atoms with van der Waals surface area (Å²) in [5.74, 6) is 0.575. The lowest BCUT2D eigenvalue weighted by atomic mass is 10.1. The summed E-state index contributed by atoms with van der Waals surface area (Å²) in [5, 5.41) is 5.90. The number of methoxy groups -OCH3 is 1. The lowest BCUT2D eigenvalue weighted by Gasteiger charge is -2.37. The minimum absolute atomic E-state index is 0. The fourth-order valence-corrected chi connectivity index (χ4v) is 3.14. The van der Waals surface area contributed by atoms with Crippen molar-refractivity contribution in [2.75, 3.05) is 36.3 Å². The van der Waals surface area contributed by atoms with Gasteiger partial charge in [-0.05, 0) is 19.4 Å². The van der Waals surface area contributed by atoms with E-state index in [0.29, 0.717) is 35.3 Å². The topological polar surface area (TPSA) is 102 Å². The van der Waals surface area contributed by atoms with Crippen molar-refractivity contribution in [3.8, 4) is 5.88 Å². The standard InChI is InChI=1S/C19H23F3N6O3.2CH4/c1-10-14-16(28(3)15(11(2)30-4)17(29)26-14)27-18(25-10)24-8-12-5-6-13(23-7-12)31-9-19(20,21)22;;/h5-7,11,15H,8-9H2,1-4H3,(H,26,29)(H,24,25,27);2*1H4/t11-,15+;;/m1../s1. The second-order valence-electron chi connectivity index (χ2n) is 7.08. The molecular weight excluding hydrogens is 441 g/mol. The molecule has 0 bridgehead atoms. The molecule has 12 heteroatoms. The maximum absolute atomic E-state index is 12.5. The van der Waals surface area contributed by atoms with Crippen molar-refractivity contribution in [1.29, 1.82) is 0 Å². The largest absolute Gasteiger partial charge is 0.468 e. The van der Waals surface area contributed by atoms with E-state index in [-0.39, 0.29) is 32.7 Å². The zero-order chi connectivity index (χ0) is 22.8. The first kappa shape index (κ1) is 27.9. The second kappa shape index (κ2) is 11.1. The number of rotatable bonds is 7. The lowest BCUT2D eigenvalue weighted by Crippen LogP contribution is -2.53. The van der Waals surface area contributed by atoms with Gasteiger partial charge in [-0.1, -0.05) is 20.9 Å². The molecule has 2 aromatic heterocycles. The van der Waals surface area contributed by atoms with Gasteiger partial charge in [0.25, 0.3) is 0 Å². The molecule has 2 aromatic rings. The van der Waals surface area contributed by atoms with Crippen LogP contribution in [0.3, 0.4) is 0 Å². The van der Waals surface area contributed by atoms with Crippen LogP contribution >= 0.6 is 0 Å². The smallest absolute Gasteiger partial charge is 0.422 e. The van der Waals surface area contributed by atoms with Crippen molar-refractivity contribution in [3.05, 3.63) is 29.6 Å². The number of nitrogens with one attached hydrogen (secondary N) is 2. The van der Waals surface area contributed by atoms with Crippen molar-refractivity contribution >= 4 is 23.4 Å². The van der Waals surface area contributed by atoms with Crippen LogP contribution in [0.15, 0.2) is 18.3 Å². The highest BCUT2D eigenvalue weighted by atomic mass is 19.4. The first-order chi connectivity index (χ1) is 14.6. The SMILES string of the molecule is C.C.CO[C@H](C)[C@H]1C(=O)Nc2c(C)nc(NCc3ccc(OCC(F)(F)F)nc3)nc2N1C. The molecule has 0 radical (unpaired) electrons. The van der Waals surface area contributed by atoms with E-state index in [1.54, 1.807) is 31.9 Å². The van der Waals surface area contributed by atoms with Crippen molar-refractivity contribution in [2.24, 2.45) is 0 Å². The molecule has 184 valence electrons. The summed E-state index contributed by atoms with van der Waals surface area (Å²) in [6.07, 6.45) is -3.36. The van der Waals surface area contributed by atoms with E-state index in [4.69, 9.17) is 4.74 Å². The molecule has 0 unspecified atom stereocenters. The Balaban J connectivity index is 0.00000272. The third-order valence-electron chi connectivity index (χ3n) is 4.79. The number of pyridine rings is 1. The quantitative estimate of drug-likeness (QED) is 0.628. The Kier molecular flexibility index (Phi) is 9.40. The Morgan fingerprint density at radius 2 is 1.97 bits per heavy atom. The average molecular weight is 473 g/mol. The molecule has 3 rings (SSSR count).